The van der Waals surface area contributed by atoms with Crippen molar-refractivity contribution in [2.45, 2.75) is 90.8 Å². The van der Waals surface area contributed by atoms with Gasteiger partial charge in [0, 0.05) is 12.3 Å². The summed E-state index contributed by atoms with van der Waals surface area (Å²) in [5, 5.41) is 0. The largest absolute Gasteiger partial charge is 0.339 e. The molecule has 2 aliphatic carbocycles. The van der Waals surface area contributed by atoms with Crippen molar-refractivity contribution in [3.8, 4) is 23.7 Å². The highest BCUT2D eigenvalue weighted by atomic mass is 16.7. The molecule has 0 aromatic rings. The van der Waals surface area contributed by atoms with Crippen molar-refractivity contribution in [2.75, 3.05) is 13.2 Å². The summed E-state index contributed by atoms with van der Waals surface area (Å²) < 4.78 is 12.7. The maximum absolute atomic E-state index is 6.35. The fourth-order valence-corrected chi connectivity index (χ4v) is 5.11. The van der Waals surface area contributed by atoms with Crippen LogP contribution in [0.2, 0.25) is 0 Å². The molecule has 3 aliphatic rings. The molecule has 0 aromatic carbocycles. The van der Waals surface area contributed by atoms with E-state index in [1.165, 1.54) is 57.8 Å². The molecule has 2 heteroatoms. The van der Waals surface area contributed by atoms with E-state index in [-0.39, 0.29) is 0 Å². The van der Waals surface area contributed by atoms with Gasteiger partial charge in [-0.3, -0.25) is 0 Å². The molecule has 0 amide bonds. The lowest BCUT2D eigenvalue weighted by atomic mass is 9.78. The second kappa shape index (κ2) is 10.0. The van der Waals surface area contributed by atoms with E-state index in [0.29, 0.717) is 11.8 Å². The molecule has 0 bridgehead atoms. The number of hydrogen-bond donors (Lipinski definition) is 0. The van der Waals surface area contributed by atoms with Crippen LogP contribution in [0.1, 0.15) is 85.0 Å². The molecule has 0 atom stereocenters. The molecular weight excluding hydrogens is 332 g/mol. The second-order valence-electron chi connectivity index (χ2n) is 9.56. The summed E-state index contributed by atoms with van der Waals surface area (Å²) in [4.78, 5) is 0. The first-order valence-electron chi connectivity index (χ1n) is 11.3. The van der Waals surface area contributed by atoms with Gasteiger partial charge < -0.3 is 9.47 Å². The zero-order valence-corrected chi connectivity index (χ0v) is 17.7. The van der Waals surface area contributed by atoms with E-state index in [1.807, 2.05) is 6.92 Å². The summed E-state index contributed by atoms with van der Waals surface area (Å²) in [7, 11) is 0. The van der Waals surface area contributed by atoms with Crippen molar-refractivity contribution in [1.82, 2.24) is 0 Å². The molecule has 0 unspecified atom stereocenters. The third-order valence-electron chi connectivity index (χ3n) is 7.04. The molecule has 1 saturated heterocycles. The van der Waals surface area contributed by atoms with E-state index in [1.54, 1.807) is 0 Å². The molecule has 1 aliphatic heterocycles. The highest BCUT2D eigenvalue weighted by molar-refractivity contribution is 5.28. The molecule has 0 spiro atoms. The highest BCUT2D eigenvalue weighted by Gasteiger charge is 2.39. The SMILES string of the molecule is CC#CC#CC1(CC2CCC(C)CC2)OCC(CC2CCC(C)CC2)CO1. The minimum Gasteiger partial charge on any atom is -0.339 e. The van der Waals surface area contributed by atoms with E-state index in [4.69, 9.17) is 9.47 Å². The second-order valence-corrected chi connectivity index (χ2v) is 9.56. The Morgan fingerprint density at radius 1 is 0.741 bits per heavy atom. The van der Waals surface area contributed by atoms with Crippen LogP contribution in [0.4, 0.5) is 0 Å². The summed E-state index contributed by atoms with van der Waals surface area (Å²) in [5.41, 5.74) is 0. The summed E-state index contributed by atoms with van der Waals surface area (Å²) in [6.07, 6.45) is 12.9. The Hall–Kier alpha value is -0.960. The first-order valence-corrected chi connectivity index (χ1v) is 11.3. The molecule has 0 aromatic heterocycles. The summed E-state index contributed by atoms with van der Waals surface area (Å²) in [5.74, 6) is 15.1. The van der Waals surface area contributed by atoms with Crippen LogP contribution in [0.25, 0.3) is 0 Å². The number of hydrogen-bond acceptors (Lipinski definition) is 2. The monoisotopic (exact) mass is 370 g/mol. The summed E-state index contributed by atoms with van der Waals surface area (Å²) in [6, 6.07) is 0. The third-order valence-corrected chi connectivity index (χ3v) is 7.04. The van der Waals surface area contributed by atoms with Crippen molar-refractivity contribution < 1.29 is 9.47 Å². The fourth-order valence-electron chi connectivity index (χ4n) is 5.11. The molecule has 2 saturated carbocycles. The average molecular weight is 371 g/mol. The summed E-state index contributed by atoms with van der Waals surface area (Å²) >= 11 is 0. The normalized spacial score (nSPS) is 39.6. The Labute approximate surface area is 167 Å². The number of rotatable bonds is 4. The van der Waals surface area contributed by atoms with Gasteiger partial charge in [-0.15, -0.1) is 0 Å². The van der Waals surface area contributed by atoms with Crippen molar-refractivity contribution in [1.29, 1.82) is 0 Å². The highest BCUT2D eigenvalue weighted by Crippen LogP contribution is 2.39. The molecular formula is C25H38O2. The van der Waals surface area contributed by atoms with E-state index in [2.05, 4.69) is 37.5 Å². The van der Waals surface area contributed by atoms with Crippen LogP contribution in [-0.2, 0) is 9.47 Å². The first-order chi connectivity index (χ1) is 13.1. The molecule has 0 N–H and O–H groups in total. The van der Waals surface area contributed by atoms with Crippen LogP contribution in [-0.4, -0.2) is 19.0 Å². The van der Waals surface area contributed by atoms with Gasteiger partial charge in [-0.2, -0.15) is 0 Å². The Bertz CT molecular complexity index is 563. The number of ether oxygens (including phenoxy) is 2. The van der Waals surface area contributed by atoms with Gasteiger partial charge in [0.2, 0.25) is 5.79 Å². The van der Waals surface area contributed by atoms with Crippen molar-refractivity contribution in [2.24, 2.45) is 29.6 Å². The topological polar surface area (TPSA) is 18.5 Å². The van der Waals surface area contributed by atoms with E-state index in [9.17, 15) is 0 Å². The maximum Gasteiger partial charge on any atom is 0.234 e. The van der Waals surface area contributed by atoms with Crippen molar-refractivity contribution in [3.63, 3.8) is 0 Å². The van der Waals surface area contributed by atoms with Crippen LogP contribution < -0.4 is 0 Å². The standard InChI is InChI=1S/C25H38O2/c1-4-5-6-15-25(17-23-13-9-21(3)10-14-23)26-18-24(19-27-25)16-22-11-7-20(2)8-12-22/h20-24H,7-14,16-19H2,1-3H3. The Morgan fingerprint density at radius 3 is 1.85 bits per heavy atom. The van der Waals surface area contributed by atoms with Gasteiger partial charge in [-0.05, 0) is 67.6 Å². The van der Waals surface area contributed by atoms with Crippen LogP contribution in [0.15, 0.2) is 0 Å². The van der Waals surface area contributed by atoms with Gasteiger partial charge in [-0.1, -0.05) is 58.3 Å². The van der Waals surface area contributed by atoms with Gasteiger partial charge in [0.05, 0.1) is 13.2 Å². The Morgan fingerprint density at radius 2 is 1.30 bits per heavy atom. The minimum absolute atomic E-state index is 0.530. The predicted molar refractivity (Wildman–Crippen MR) is 111 cm³/mol. The van der Waals surface area contributed by atoms with Crippen LogP contribution in [0.5, 0.6) is 0 Å². The molecule has 2 nitrogen and oxygen atoms in total. The maximum atomic E-state index is 6.35. The van der Waals surface area contributed by atoms with Gasteiger partial charge >= 0.3 is 0 Å². The van der Waals surface area contributed by atoms with E-state index >= 15 is 0 Å². The fraction of sp³-hybridized carbons (Fsp3) is 0.840. The predicted octanol–water partition coefficient (Wildman–Crippen LogP) is 5.81. The lowest BCUT2D eigenvalue weighted by Crippen LogP contribution is -2.45. The van der Waals surface area contributed by atoms with Gasteiger partial charge in [-0.25, -0.2) is 0 Å². The van der Waals surface area contributed by atoms with E-state index < -0.39 is 5.79 Å². The van der Waals surface area contributed by atoms with Gasteiger partial charge in [0.1, 0.15) is 0 Å². The molecule has 3 fully saturated rings. The zero-order chi connectivity index (χ0) is 19.1. The minimum atomic E-state index is -0.716. The van der Waals surface area contributed by atoms with Crippen molar-refractivity contribution >= 4 is 0 Å². The van der Waals surface area contributed by atoms with Crippen LogP contribution in [0, 0.1) is 53.3 Å². The third kappa shape index (κ3) is 6.27. The Balaban J connectivity index is 1.55. The van der Waals surface area contributed by atoms with Crippen molar-refractivity contribution in [3.05, 3.63) is 0 Å². The Kier molecular flexibility index (Phi) is 7.69. The smallest absolute Gasteiger partial charge is 0.234 e. The van der Waals surface area contributed by atoms with Gasteiger partial charge in [0.15, 0.2) is 0 Å². The van der Waals surface area contributed by atoms with Crippen LogP contribution >= 0.6 is 0 Å². The lowest BCUT2D eigenvalue weighted by molar-refractivity contribution is -0.258. The quantitative estimate of drug-likeness (QED) is 0.582. The van der Waals surface area contributed by atoms with E-state index in [0.717, 1.165) is 37.4 Å². The lowest BCUT2D eigenvalue weighted by Gasteiger charge is -2.41. The summed E-state index contributed by atoms with van der Waals surface area (Å²) in [6.45, 7) is 8.18. The van der Waals surface area contributed by atoms with Gasteiger partial charge in [0.25, 0.3) is 0 Å². The molecule has 27 heavy (non-hydrogen) atoms. The zero-order valence-electron chi connectivity index (χ0n) is 17.7. The molecule has 0 radical (unpaired) electrons. The molecule has 150 valence electrons. The molecule has 3 rings (SSSR count). The molecule has 1 heterocycles. The van der Waals surface area contributed by atoms with Crippen LogP contribution in [0.3, 0.4) is 0 Å². The average Bonchev–Trinajstić information content (AvgIpc) is 2.68. The first kappa shape index (κ1) is 20.8.